The van der Waals surface area contributed by atoms with Crippen molar-refractivity contribution < 1.29 is 14.3 Å². The number of hydrogen-bond acceptors (Lipinski definition) is 4. The summed E-state index contributed by atoms with van der Waals surface area (Å²) in [6, 6.07) is 14.3. The van der Waals surface area contributed by atoms with Gasteiger partial charge in [0.15, 0.2) is 0 Å². The number of nitrogens with zero attached hydrogens (tertiary/aromatic N) is 1. The van der Waals surface area contributed by atoms with Gasteiger partial charge >= 0.3 is 0 Å². The summed E-state index contributed by atoms with van der Waals surface area (Å²) in [4.78, 5) is 15.1. The normalized spacial score (nSPS) is 19.0. The van der Waals surface area contributed by atoms with Crippen LogP contribution in [0.1, 0.15) is 29.5 Å². The Hall–Kier alpha value is -2.53. The van der Waals surface area contributed by atoms with Crippen molar-refractivity contribution in [3.8, 4) is 11.5 Å². The highest BCUT2D eigenvalue weighted by Crippen LogP contribution is 2.31. The molecule has 2 heterocycles. The molecule has 2 aromatic carbocycles. The number of nitrogens with one attached hydrogen (secondary N) is 1. The molecule has 0 spiro atoms. The van der Waals surface area contributed by atoms with Crippen LogP contribution in [0.5, 0.6) is 11.5 Å². The van der Waals surface area contributed by atoms with Gasteiger partial charge in [0, 0.05) is 19.2 Å². The Kier molecular flexibility index (Phi) is 5.81. The first kappa shape index (κ1) is 18.8. The van der Waals surface area contributed by atoms with Gasteiger partial charge in [-0.1, -0.05) is 30.3 Å². The second-order valence-electron chi connectivity index (χ2n) is 7.71. The van der Waals surface area contributed by atoms with E-state index in [0.29, 0.717) is 19.6 Å². The van der Waals surface area contributed by atoms with E-state index in [1.54, 1.807) is 7.11 Å². The molecule has 2 aromatic rings. The number of carbonyl (C=O) groups is 1. The molecule has 0 bridgehead atoms. The van der Waals surface area contributed by atoms with Crippen molar-refractivity contribution in [3.05, 3.63) is 59.2 Å². The standard InChI is InChI=1S/C23H28N2O3/c1-27-21-8-7-19-12-20(16-28-22(19)13-21)23(26)24-14-17-5-4-6-18(11-17)15-25-9-2-3-10-25/h4-8,11,13,20H,2-3,9-10,12,14-16H2,1H3,(H,24,26)/t20-/m0/s1. The topological polar surface area (TPSA) is 50.8 Å². The van der Waals surface area contributed by atoms with Gasteiger partial charge in [0.25, 0.3) is 0 Å². The van der Waals surface area contributed by atoms with E-state index in [9.17, 15) is 4.79 Å². The number of methoxy groups -OCH3 is 1. The summed E-state index contributed by atoms with van der Waals surface area (Å²) < 4.78 is 11.0. The number of hydrogen-bond donors (Lipinski definition) is 1. The largest absolute Gasteiger partial charge is 0.497 e. The number of likely N-dealkylation sites (tertiary alicyclic amines) is 1. The fraction of sp³-hybridized carbons (Fsp3) is 0.435. The van der Waals surface area contributed by atoms with Crippen molar-refractivity contribution in [3.63, 3.8) is 0 Å². The maximum Gasteiger partial charge on any atom is 0.227 e. The van der Waals surface area contributed by atoms with Crippen molar-refractivity contribution in [1.82, 2.24) is 10.2 Å². The number of rotatable bonds is 6. The Bertz CT molecular complexity index is 830. The number of fused-ring (bicyclic) bond motifs is 1. The van der Waals surface area contributed by atoms with Crippen molar-refractivity contribution in [2.75, 3.05) is 26.8 Å². The molecule has 0 radical (unpaired) electrons. The van der Waals surface area contributed by atoms with E-state index in [2.05, 4.69) is 34.5 Å². The number of amides is 1. The third kappa shape index (κ3) is 4.47. The molecular weight excluding hydrogens is 352 g/mol. The predicted molar refractivity (Wildman–Crippen MR) is 108 cm³/mol. The van der Waals surface area contributed by atoms with Crippen LogP contribution in [0.4, 0.5) is 0 Å². The van der Waals surface area contributed by atoms with E-state index in [0.717, 1.165) is 29.2 Å². The van der Waals surface area contributed by atoms with Crippen LogP contribution >= 0.6 is 0 Å². The molecule has 28 heavy (non-hydrogen) atoms. The molecule has 1 N–H and O–H groups in total. The van der Waals surface area contributed by atoms with Gasteiger partial charge in [-0.05, 0) is 55.1 Å². The smallest absolute Gasteiger partial charge is 0.227 e. The van der Waals surface area contributed by atoms with Gasteiger partial charge in [-0.15, -0.1) is 0 Å². The molecule has 2 aliphatic rings. The third-order valence-corrected chi connectivity index (χ3v) is 5.61. The molecule has 1 amide bonds. The van der Waals surface area contributed by atoms with E-state index >= 15 is 0 Å². The lowest BCUT2D eigenvalue weighted by molar-refractivity contribution is -0.126. The monoisotopic (exact) mass is 380 g/mol. The van der Waals surface area contributed by atoms with Crippen molar-refractivity contribution in [2.45, 2.75) is 32.4 Å². The number of benzene rings is 2. The minimum Gasteiger partial charge on any atom is -0.497 e. The van der Waals surface area contributed by atoms with Crippen LogP contribution < -0.4 is 14.8 Å². The van der Waals surface area contributed by atoms with Crippen LogP contribution in [0.15, 0.2) is 42.5 Å². The lowest BCUT2D eigenvalue weighted by Crippen LogP contribution is -2.37. The first-order chi connectivity index (χ1) is 13.7. The van der Waals surface area contributed by atoms with Gasteiger partial charge in [0.1, 0.15) is 18.1 Å². The molecule has 0 unspecified atom stereocenters. The van der Waals surface area contributed by atoms with E-state index in [1.807, 2.05) is 18.2 Å². The molecular formula is C23H28N2O3. The minimum absolute atomic E-state index is 0.0476. The first-order valence-corrected chi connectivity index (χ1v) is 10.1. The maximum absolute atomic E-state index is 12.6. The Morgan fingerprint density at radius 1 is 1.18 bits per heavy atom. The number of ether oxygens (including phenoxy) is 2. The van der Waals surface area contributed by atoms with Crippen LogP contribution in [-0.2, 0) is 24.3 Å². The molecule has 0 saturated carbocycles. The highest BCUT2D eigenvalue weighted by Gasteiger charge is 2.26. The molecule has 4 rings (SSSR count). The Morgan fingerprint density at radius 2 is 2.00 bits per heavy atom. The molecule has 1 atom stereocenters. The maximum atomic E-state index is 12.6. The van der Waals surface area contributed by atoms with Crippen molar-refractivity contribution >= 4 is 5.91 Å². The number of carbonyl (C=O) groups excluding carboxylic acids is 1. The fourth-order valence-corrected chi connectivity index (χ4v) is 4.02. The van der Waals surface area contributed by atoms with Gasteiger partial charge in [0.2, 0.25) is 5.91 Å². The van der Waals surface area contributed by atoms with Gasteiger partial charge in [-0.25, -0.2) is 0 Å². The molecule has 0 aromatic heterocycles. The summed E-state index contributed by atoms with van der Waals surface area (Å²) >= 11 is 0. The van der Waals surface area contributed by atoms with Crippen LogP contribution in [0.2, 0.25) is 0 Å². The lowest BCUT2D eigenvalue weighted by atomic mass is 9.95. The zero-order valence-corrected chi connectivity index (χ0v) is 16.4. The zero-order valence-electron chi connectivity index (χ0n) is 16.4. The molecule has 1 saturated heterocycles. The van der Waals surface area contributed by atoms with E-state index in [1.165, 1.54) is 31.5 Å². The van der Waals surface area contributed by atoms with Crippen LogP contribution in [0.25, 0.3) is 0 Å². The van der Waals surface area contributed by atoms with Crippen molar-refractivity contribution in [1.29, 1.82) is 0 Å². The first-order valence-electron chi connectivity index (χ1n) is 10.1. The Labute approximate surface area is 166 Å². The Balaban J connectivity index is 1.32. The minimum atomic E-state index is -0.159. The zero-order chi connectivity index (χ0) is 19.3. The molecule has 1 fully saturated rings. The van der Waals surface area contributed by atoms with Gasteiger partial charge in [-0.2, -0.15) is 0 Å². The second kappa shape index (κ2) is 8.65. The van der Waals surface area contributed by atoms with Gasteiger partial charge in [0.05, 0.1) is 13.0 Å². The van der Waals surface area contributed by atoms with E-state index in [4.69, 9.17) is 9.47 Å². The summed E-state index contributed by atoms with van der Waals surface area (Å²) in [5.41, 5.74) is 3.52. The average Bonchev–Trinajstić information content (AvgIpc) is 3.24. The summed E-state index contributed by atoms with van der Waals surface area (Å²) in [6.07, 6.45) is 3.30. The fourth-order valence-electron chi connectivity index (χ4n) is 4.02. The third-order valence-electron chi connectivity index (χ3n) is 5.61. The van der Waals surface area contributed by atoms with Crippen LogP contribution in [0.3, 0.4) is 0 Å². The highest BCUT2D eigenvalue weighted by atomic mass is 16.5. The van der Waals surface area contributed by atoms with Gasteiger partial charge in [-0.3, -0.25) is 9.69 Å². The molecule has 5 nitrogen and oxygen atoms in total. The summed E-state index contributed by atoms with van der Waals surface area (Å²) in [6.45, 7) is 4.34. The molecule has 0 aliphatic carbocycles. The Morgan fingerprint density at radius 3 is 2.82 bits per heavy atom. The summed E-state index contributed by atoms with van der Waals surface area (Å²) in [7, 11) is 1.64. The van der Waals surface area contributed by atoms with Crippen LogP contribution in [-0.4, -0.2) is 37.6 Å². The SMILES string of the molecule is COc1ccc2c(c1)OC[C@@H](C(=O)NCc1cccc(CN3CCCC3)c1)C2. The summed E-state index contributed by atoms with van der Waals surface area (Å²) in [5.74, 6) is 1.48. The van der Waals surface area contributed by atoms with Crippen molar-refractivity contribution in [2.24, 2.45) is 5.92 Å². The molecule has 148 valence electrons. The molecule has 5 heteroatoms. The highest BCUT2D eigenvalue weighted by molar-refractivity contribution is 5.79. The second-order valence-corrected chi connectivity index (χ2v) is 7.71. The average molecular weight is 380 g/mol. The quantitative estimate of drug-likeness (QED) is 0.836. The van der Waals surface area contributed by atoms with Gasteiger partial charge < -0.3 is 14.8 Å². The van der Waals surface area contributed by atoms with E-state index < -0.39 is 0 Å². The van der Waals surface area contributed by atoms with E-state index in [-0.39, 0.29) is 11.8 Å². The summed E-state index contributed by atoms with van der Waals surface area (Å²) in [5, 5.41) is 3.09. The molecule has 2 aliphatic heterocycles. The lowest BCUT2D eigenvalue weighted by Gasteiger charge is -2.25. The van der Waals surface area contributed by atoms with Crippen LogP contribution in [0, 0.1) is 5.92 Å². The predicted octanol–water partition coefficient (Wildman–Crippen LogP) is 3.16.